The fourth-order valence-electron chi connectivity index (χ4n) is 2.82. The van der Waals surface area contributed by atoms with E-state index in [2.05, 4.69) is 20.9 Å². The molecule has 0 spiro atoms. The molecule has 170 valence electrons. The van der Waals surface area contributed by atoms with Crippen molar-refractivity contribution >= 4 is 41.1 Å². The number of Topliss-reactive ketones (excluding diaryl/α,β-unsaturated/α-hetero) is 1. The molecule has 1 heterocycles. The van der Waals surface area contributed by atoms with E-state index in [4.69, 9.17) is 5.41 Å². The molecule has 0 bridgehead atoms. The molecule has 0 saturated carbocycles. The lowest BCUT2D eigenvalue weighted by Gasteiger charge is -2.22. The molecule has 0 saturated heterocycles. The summed E-state index contributed by atoms with van der Waals surface area (Å²) in [6, 6.07) is 3.53. The molecule has 2 rings (SSSR count). The van der Waals surface area contributed by atoms with Crippen molar-refractivity contribution < 1.29 is 23.6 Å². The van der Waals surface area contributed by atoms with Crippen molar-refractivity contribution in [2.75, 3.05) is 0 Å². The van der Waals surface area contributed by atoms with E-state index in [0.29, 0.717) is 17.5 Å². The van der Waals surface area contributed by atoms with Crippen LogP contribution in [0, 0.1) is 11.2 Å². The highest BCUT2D eigenvalue weighted by Gasteiger charge is 2.27. The Morgan fingerprint density at radius 1 is 1.12 bits per heavy atom. The molecule has 0 aliphatic heterocycles. The van der Waals surface area contributed by atoms with Crippen LogP contribution in [0.2, 0.25) is 0 Å². The second-order valence-corrected chi connectivity index (χ2v) is 7.71. The molecule has 1 aromatic carbocycles. The summed E-state index contributed by atoms with van der Waals surface area (Å²) >= 11 is 1.35. The number of halogens is 1. The van der Waals surface area contributed by atoms with Crippen LogP contribution >= 0.6 is 11.3 Å². The number of carbonyl (C=O) groups excluding carboxylic acids is 4. The van der Waals surface area contributed by atoms with E-state index in [1.807, 2.05) is 0 Å². The van der Waals surface area contributed by atoms with Gasteiger partial charge in [0.15, 0.2) is 5.78 Å². The SMILES string of the molecule is CC(=O)N[C@@H](Cc1cscn1)C(=O)N[C@@H](CCC(=O)C=N)C(=O)NCc1ccc(F)cc1. The number of amides is 3. The number of aromatic nitrogens is 1. The van der Waals surface area contributed by atoms with E-state index in [-0.39, 0.29) is 25.8 Å². The molecule has 2 aromatic rings. The summed E-state index contributed by atoms with van der Waals surface area (Å²) < 4.78 is 13.0. The predicted octanol–water partition coefficient (Wildman–Crippen LogP) is 1.13. The molecule has 0 fully saturated rings. The Balaban J connectivity index is 2.08. The molecule has 1 aromatic heterocycles. The van der Waals surface area contributed by atoms with Crippen LogP contribution in [-0.4, -0.2) is 46.8 Å². The van der Waals surface area contributed by atoms with Crippen molar-refractivity contribution in [2.24, 2.45) is 0 Å². The van der Waals surface area contributed by atoms with Gasteiger partial charge in [-0.1, -0.05) is 12.1 Å². The third-order valence-corrected chi connectivity index (χ3v) is 5.08. The Kier molecular flexibility index (Phi) is 9.61. The second-order valence-electron chi connectivity index (χ2n) is 6.99. The summed E-state index contributed by atoms with van der Waals surface area (Å²) in [7, 11) is 0. The summed E-state index contributed by atoms with van der Waals surface area (Å²) in [6.07, 6.45) is 0.643. The van der Waals surface area contributed by atoms with Gasteiger partial charge in [-0.2, -0.15) is 0 Å². The first-order valence-electron chi connectivity index (χ1n) is 9.78. The minimum Gasteiger partial charge on any atom is -0.350 e. The summed E-state index contributed by atoms with van der Waals surface area (Å²) in [5.41, 5.74) is 2.87. The van der Waals surface area contributed by atoms with E-state index in [9.17, 15) is 23.6 Å². The maximum Gasteiger partial charge on any atom is 0.243 e. The van der Waals surface area contributed by atoms with Gasteiger partial charge in [-0.3, -0.25) is 19.2 Å². The van der Waals surface area contributed by atoms with Crippen LogP contribution in [0.4, 0.5) is 4.39 Å². The molecule has 11 heteroatoms. The van der Waals surface area contributed by atoms with Gasteiger partial charge in [-0.25, -0.2) is 9.37 Å². The first kappa shape index (κ1) is 24.8. The zero-order valence-corrected chi connectivity index (χ0v) is 18.2. The number of thiazole rings is 1. The number of rotatable bonds is 12. The molecule has 2 atom stereocenters. The zero-order valence-electron chi connectivity index (χ0n) is 17.4. The minimum absolute atomic E-state index is 0.0291. The lowest BCUT2D eigenvalue weighted by atomic mass is 10.1. The van der Waals surface area contributed by atoms with Gasteiger partial charge in [0, 0.05) is 31.7 Å². The lowest BCUT2D eigenvalue weighted by molar-refractivity contribution is -0.132. The van der Waals surface area contributed by atoms with E-state index < -0.39 is 41.4 Å². The topological polar surface area (TPSA) is 141 Å². The molecule has 0 aliphatic carbocycles. The maximum atomic E-state index is 13.0. The fraction of sp³-hybridized carbons (Fsp3) is 0.333. The van der Waals surface area contributed by atoms with Crippen LogP contribution in [0.15, 0.2) is 35.2 Å². The highest BCUT2D eigenvalue weighted by atomic mass is 32.1. The van der Waals surface area contributed by atoms with E-state index in [0.717, 1.165) is 0 Å². The number of hydrogen-bond donors (Lipinski definition) is 4. The average Bonchev–Trinajstić information content (AvgIpc) is 3.28. The summed E-state index contributed by atoms with van der Waals surface area (Å²) in [5.74, 6) is -2.46. The Hall–Kier alpha value is -3.47. The zero-order chi connectivity index (χ0) is 23.5. The van der Waals surface area contributed by atoms with Crippen molar-refractivity contribution in [3.8, 4) is 0 Å². The molecular formula is C21H24FN5O4S. The van der Waals surface area contributed by atoms with Crippen LogP contribution < -0.4 is 16.0 Å². The summed E-state index contributed by atoms with van der Waals surface area (Å²) in [4.78, 5) is 52.8. The second kappa shape index (κ2) is 12.4. The number of ketones is 1. The Bertz CT molecular complexity index is 950. The van der Waals surface area contributed by atoms with Crippen LogP contribution in [0.1, 0.15) is 31.0 Å². The van der Waals surface area contributed by atoms with Gasteiger partial charge < -0.3 is 21.4 Å². The molecule has 0 unspecified atom stereocenters. The predicted molar refractivity (Wildman–Crippen MR) is 117 cm³/mol. The van der Waals surface area contributed by atoms with Crippen LogP contribution in [0.25, 0.3) is 0 Å². The molecule has 3 amide bonds. The monoisotopic (exact) mass is 461 g/mol. The number of nitrogens with zero attached hydrogens (tertiary/aromatic N) is 1. The van der Waals surface area contributed by atoms with Gasteiger partial charge in [0.2, 0.25) is 17.7 Å². The standard InChI is InChI=1S/C21H24FN5O4S/c1-13(28)26-19(8-16-11-32-12-25-16)21(31)27-18(7-6-17(29)9-23)20(30)24-10-14-2-4-15(22)5-3-14/h2-5,9,11-12,18-19,23H,6-8,10H2,1H3,(H,24,30)(H,26,28)(H,27,31)/t18-,19-/m0/s1. The van der Waals surface area contributed by atoms with Crippen LogP contribution in [-0.2, 0) is 32.1 Å². The van der Waals surface area contributed by atoms with Gasteiger partial charge in [0.1, 0.15) is 17.9 Å². The minimum atomic E-state index is -1.07. The van der Waals surface area contributed by atoms with Crippen molar-refractivity contribution in [1.29, 1.82) is 5.41 Å². The summed E-state index contributed by atoms with van der Waals surface area (Å²) in [5, 5.41) is 16.5. The fourth-order valence-corrected chi connectivity index (χ4v) is 3.39. The average molecular weight is 462 g/mol. The highest BCUT2D eigenvalue weighted by Crippen LogP contribution is 2.07. The third-order valence-electron chi connectivity index (χ3n) is 4.44. The molecule has 32 heavy (non-hydrogen) atoms. The van der Waals surface area contributed by atoms with E-state index in [1.165, 1.54) is 42.5 Å². The van der Waals surface area contributed by atoms with Gasteiger partial charge in [0.25, 0.3) is 0 Å². The molecule has 4 N–H and O–H groups in total. The lowest BCUT2D eigenvalue weighted by Crippen LogP contribution is -2.54. The Morgan fingerprint density at radius 3 is 2.44 bits per heavy atom. The van der Waals surface area contributed by atoms with E-state index in [1.54, 1.807) is 10.9 Å². The number of hydrogen-bond acceptors (Lipinski definition) is 7. The Morgan fingerprint density at radius 2 is 1.84 bits per heavy atom. The first-order chi connectivity index (χ1) is 15.3. The van der Waals surface area contributed by atoms with Crippen LogP contribution in [0.3, 0.4) is 0 Å². The van der Waals surface area contributed by atoms with Crippen LogP contribution in [0.5, 0.6) is 0 Å². The number of carbonyl (C=O) groups is 4. The largest absolute Gasteiger partial charge is 0.350 e. The third kappa shape index (κ3) is 8.34. The molecular weight excluding hydrogens is 437 g/mol. The molecule has 0 aliphatic rings. The van der Waals surface area contributed by atoms with Crippen molar-refractivity contribution in [1.82, 2.24) is 20.9 Å². The quantitative estimate of drug-likeness (QED) is 0.351. The first-order valence-corrected chi connectivity index (χ1v) is 10.7. The van der Waals surface area contributed by atoms with Crippen molar-refractivity contribution in [2.45, 2.75) is 44.8 Å². The van der Waals surface area contributed by atoms with E-state index >= 15 is 0 Å². The summed E-state index contributed by atoms with van der Waals surface area (Å²) in [6.45, 7) is 1.37. The van der Waals surface area contributed by atoms with Gasteiger partial charge >= 0.3 is 0 Å². The number of nitrogens with one attached hydrogen (secondary N) is 4. The normalized spacial score (nSPS) is 12.3. The molecule has 9 nitrogen and oxygen atoms in total. The van der Waals surface area contributed by atoms with Crippen molar-refractivity contribution in [3.05, 3.63) is 52.2 Å². The molecule has 0 radical (unpaired) electrons. The Labute approximate surface area is 188 Å². The highest BCUT2D eigenvalue weighted by molar-refractivity contribution is 7.07. The van der Waals surface area contributed by atoms with Gasteiger partial charge in [-0.15, -0.1) is 11.3 Å². The smallest absolute Gasteiger partial charge is 0.243 e. The van der Waals surface area contributed by atoms with Gasteiger partial charge in [-0.05, 0) is 24.1 Å². The van der Waals surface area contributed by atoms with Gasteiger partial charge in [0.05, 0.1) is 17.4 Å². The maximum absolute atomic E-state index is 13.0. The van der Waals surface area contributed by atoms with Crippen molar-refractivity contribution in [3.63, 3.8) is 0 Å². The number of benzene rings is 1.